The molecule has 0 saturated carbocycles. The van der Waals surface area contributed by atoms with Crippen molar-refractivity contribution in [2.45, 2.75) is 20.8 Å². The summed E-state index contributed by atoms with van der Waals surface area (Å²) in [4.78, 5) is 11.5. The number of rotatable bonds is 2. The minimum atomic E-state index is -0.217. The zero-order chi connectivity index (χ0) is 12.1. The van der Waals surface area contributed by atoms with Crippen molar-refractivity contribution in [1.29, 1.82) is 0 Å². The maximum absolute atomic E-state index is 11.5. The molecule has 0 heterocycles. The fraction of sp³-hybridized carbons (Fsp3) is 0.250. The predicted molar refractivity (Wildman–Crippen MR) is 75.5 cm³/mol. The Bertz CT molecular complexity index is 423. The van der Waals surface area contributed by atoms with Gasteiger partial charge in [0.15, 0.2) is 0 Å². The Hall–Kier alpha value is -1.04. The number of nitrogens with one attached hydrogen (secondary N) is 2. The summed E-state index contributed by atoms with van der Waals surface area (Å²) in [6.45, 7) is 5.82. The Balaban J connectivity index is 2.66. The molecule has 0 aromatic heterocycles. The summed E-state index contributed by atoms with van der Waals surface area (Å²) in [5, 5.41) is 5.45. The molecule has 0 aliphatic rings. The molecule has 2 N–H and O–H groups in total. The van der Waals surface area contributed by atoms with Gasteiger partial charge in [-0.25, -0.2) is 4.79 Å². The maximum Gasteiger partial charge on any atom is 0.323 e. The van der Waals surface area contributed by atoms with E-state index in [9.17, 15) is 4.79 Å². The van der Waals surface area contributed by atoms with Crippen molar-refractivity contribution in [3.8, 4) is 0 Å². The first kappa shape index (κ1) is 13.0. The third-order valence-corrected chi connectivity index (χ3v) is 2.60. The van der Waals surface area contributed by atoms with E-state index < -0.39 is 0 Å². The van der Waals surface area contributed by atoms with Crippen LogP contribution in [0, 0.1) is 10.5 Å². The first-order valence-corrected chi connectivity index (χ1v) is 6.04. The molecule has 1 rings (SSSR count). The minimum absolute atomic E-state index is 0.217. The van der Waals surface area contributed by atoms with E-state index >= 15 is 0 Å². The van der Waals surface area contributed by atoms with Crippen molar-refractivity contribution < 1.29 is 4.79 Å². The van der Waals surface area contributed by atoms with Crippen LogP contribution in [0.1, 0.15) is 19.4 Å². The van der Waals surface area contributed by atoms with E-state index in [4.69, 9.17) is 0 Å². The van der Waals surface area contributed by atoms with Crippen molar-refractivity contribution >= 4 is 34.3 Å². The smallest absolute Gasteiger partial charge is 0.314 e. The molecule has 0 unspecified atom stereocenters. The second-order valence-corrected chi connectivity index (χ2v) is 5.03. The van der Waals surface area contributed by atoms with Crippen LogP contribution in [0.25, 0.3) is 0 Å². The third kappa shape index (κ3) is 4.22. The Morgan fingerprint density at radius 3 is 2.62 bits per heavy atom. The van der Waals surface area contributed by atoms with Gasteiger partial charge in [0, 0.05) is 15.5 Å². The highest BCUT2D eigenvalue weighted by Gasteiger charge is 2.02. The van der Waals surface area contributed by atoms with E-state index in [1.165, 1.54) is 0 Å². The maximum atomic E-state index is 11.5. The Morgan fingerprint density at radius 2 is 2.06 bits per heavy atom. The van der Waals surface area contributed by atoms with Gasteiger partial charge in [-0.1, -0.05) is 5.57 Å². The second kappa shape index (κ2) is 5.89. The lowest BCUT2D eigenvalue weighted by atomic mass is 10.2. The number of urea groups is 1. The van der Waals surface area contributed by atoms with Gasteiger partial charge in [-0.2, -0.15) is 0 Å². The third-order valence-electron chi connectivity index (χ3n) is 1.93. The molecule has 0 aliphatic heterocycles. The van der Waals surface area contributed by atoms with Gasteiger partial charge in [0.2, 0.25) is 0 Å². The molecule has 1 aromatic rings. The van der Waals surface area contributed by atoms with E-state index in [1.54, 1.807) is 6.20 Å². The molecule has 1 aromatic carbocycles. The van der Waals surface area contributed by atoms with Crippen molar-refractivity contribution in [3.63, 3.8) is 0 Å². The fourth-order valence-electron chi connectivity index (χ4n) is 1.14. The normalized spacial score (nSPS) is 9.50. The van der Waals surface area contributed by atoms with Crippen LogP contribution >= 0.6 is 22.6 Å². The average Bonchev–Trinajstić information content (AvgIpc) is 2.19. The van der Waals surface area contributed by atoms with E-state index in [0.29, 0.717) is 0 Å². The molecule has 0 radical (unpaired) electrons. The van der Waals surface area contributed by atoms with Gasteiger partial charge in [-0.3, -0.25) is 0 Å². The van der Waals surface area contributed by atoms with Gasteiger partial charge in [-0.05, 0) is 67.1 Å². The molecular weight excluding hydrogens is 315 g/mol. The highest BCUT2D eigenvalue weighted by molar-refractivity contribution is 14.1. The molecule has 0 atom stereocenters. The van der Waals surface area contributed by atoms with Crippen LogP contribution in [0.4, 0.5) is 10.5 Å². The van der Waals surface area contributed by atoms with Crippen molar-refractivity contribution in [1.82, 2.24) is 5.32 Å². The number of aryl methyl sites for hydroxylation is 1. The molecule has 4 heteroatoms. The molecule has 16 heavy (non-hydrogen) atoms. The highest BCUT2D eigenvalue weighted by Crippen LogP contribution is 2.17. The number of amides is 2. The number of hydrogen-bond donors (Lipinski definition) is 2. The highest BCUT2D eigenvalue weighted by atomic mass is 127. The summed E-state index contributed by atoms with van der Waals surface area (Å²) in [6, 6.07) is 5.67. The van der Waals surface area contributed by atoms with Gasteiger partial charge in [-0.15, -0.1) is 0 Å². The van der Waals surface area contributed by atoms with Crippen molar-refractivity contribution in [3.05, 3.63) is 39.1 Å². The summed E-state index contributed by atoms with van der Waals surface area (Å²) in [7, 11) is 0. The first-order valence-electron chi connectivity index (χ1n) is 4.96. The lowest BCUT2D eigenvalue weighted by Gasteiger charge is -2.08. The van der Waals surface area contributed by atoms with E-state index in [-0.39, 0.29) is 6.03 Å². The largest absolute Gasteiger partial charge is 0.323 e. The number of allylic oxidation sites excluding steroid dienone is 1. The van der Waals surface area contributed by atoms with Gasteiger partial charge >= 0.3 is 6.03 Å². The lowest BCUT2D eigenvalue weighted by molar-refractivity contribution is 0.255. The topological polar surface area (TPSA) is 41.1 Å². The second-order valence-electron chi connectivity index (χ2n) is 3.78. The first-order chi connectivity index (χ1) is 7.49. The molecule has 0 fully saturated rings. The molecule has 86 valence electrons. The summed E-state index contributed by atoms with van der Waals surface area (Å²) in [5.41, 5.74) is 2.94. The summed E-state index contributed by atoms with van der Waals surface area (Å²) in [5.74, 6) is 0. The van der Waals surface area contributed by atoms with Gasteiger partial charge in [0.1, 0.15) is 0 Å². The number of benzene rings is 1. The monoisotopic (exact) mass is 330 g/mol. The van der Waals surface area contributed by atoms with Crippen molar-refractivity contribution in [2.75, 3.05) is 5.32 Å². The number of anilines is 1. The summed E-state index contributed by atoms with van der Waals surface area (Å²) in [6.07, 6.45) is 1.68. The fourth-order valence-corrected chi connectivity index (χ4v) is 1.78. The van der Waals surface area contributed by atoms with Gasteiger partial charge in [0.25, 0.3) is 0 Å². The van der Waals surface area contributed by atoms with Crippen molar-refractivity contribution in [2.24, 2.45) is 0 Å². The van der Waals surface area contributed by atoms with Gasteiger partial charge in [0.05, 0.1) is 0 Å². The molecule has 0 spiro atoms. The number of halogens is 1. The molecule has 0 saturated heterocycles. The van der Waals surface area contributed by atoms with Crippen LogP contribution in [0.15, 0.2) is 30.0 Å². The average molecular weight is 330 g/mol. The summed E-state index contributed by atoms with van der Waals surface area (Å²) >= 11 is 2.24. The quantitative estimate of drug-likeness (QED) is 0.799. The SMILES string of the molecule is CC(C)=CNC(=O)Nc1ccc(I)cc1C. The number of carbonyl (C=O) groups is 1. The lowest BCUT2D eigenvalue weighted by Crippen LogP contribution is -2.24. The van der Waals surface area contributed by atoms with Gasteiger partial charge < -0.3 is 10.6 Å². The Morgan fingerprint density at radius 1 is 1.38 bits per heavy atom. The van der Waals surface area contributed by atoms with Crippen LogP contribution in [-0.2, 0) is 0 Å². The van der Waals surface area contributed by atoms with Crippen LogP contribution in [0.2, 0.25) is 0 Å². The van der Waals surface area contributed by atoms with E-state index in [0.717, 1.165) is 20.4 Å². The molecular formula is C12H15IN2O. The summed E-state index contributed by atoms with van der Waals surface area (Å²) < 4.78 is 1.16. The predicted octanol–water partition coefficient (Wildman–Crippen LogP) is 3.64. The van der Waals surface area contributed by atoms with Crippen LogP contribution in [-0.4, -0.2) is 6.03 Å². The van der Waals surface area contributed by atoms with E-state index in [2.05, 4.69) is 33.2 Å². The molecule has 3 nitrogen and oxygen atoms in total. The van der Waals surface area contributed by atoms with Crippen LogP contribution in [0.3, 0.4) is 0 Å². The van der Waals surface area contributed by atoms with Crippen LogP contribution in [0.5, 0.6) is 0 Å². The number of carbonyl (C=O) groups excluding carboxylic acids is 1. The zero-order valence-electron chi connectivity index (χ0n) is 9.60. The number of hydrogen-bond acceptors (Lipinski definition) is 1. The minimum Gasteiger partial charge on any atom is -0.314 e. The Kier molecular flexibility index (Phi) is 4.79. The Labute approximate surface area is 109 Å². The van der Waals surface area contributed by atoms with E-state index in [1.807, 2.05) is 39.0 Å². The molecule has 0 aliphatic carbocycles. The zero-order valence-corrected chi connectivity index (χ0v) is 11.8. The molecule has 2 amide bonds. The standard InChI is InChI=1S/C12H15IN2O/c1-8(2)7-14-12(16)15-11-5-4-10(13)6-9(11)3/h4-7H,1-3H3,(H2,14,15,16). The molecule has 0 bridgehead atoms. The van der Waals surface area contributed by atoms with Crippen LogP contribution < -0.4 is 10.6 Å².